The van der Waals surface area contributed by atoms with Crippen LogP contribution in [0.5, 0.6) is 0 Å². The summed E-state index contributed by atoms with van der Waals surface area (Å²) in [5.41, 5.74) is 2.23. The van der Waals surface area contributed by atoms with Gasteiger partial charge in [0.25, 0.3) is 0 Å². The van der Waals surface area contributed by atoms with Gasteiger partial charge in [-0.05, 0) is 58.9 Å². The van der Waals surface area contributed by atoms with Crippen LogP contribution in [0.4, 0.5) is 4.79 Å². The minimum Gasteiger partial charge on any atom is -0.449 e. The molecular formula is C20H27NO4S. The summed E-state index contributed by atoms with van der Waals surface area (Å²) in [6, 6.07) is 3.40. The molecule has 5 nitrogen and oxygen atoms in total. The fraction of sp³-hybridized carbons (Fsp3) is 0.500. The van der Waals surface area contributed by atoms with Gasteiger partial charge < -0.3 is 14.5 Å². The van der Waals surface area contributed by atoms with E-state index >= 15 is 0 Å². The van der Waals surface area contributed by atoms with Gasteiger partial charge in [-0.15, -0.1) is 0 Å². The maximum atomic E-state index is 12.8. The van der Waals surface area contributed by atoms with Crippen LogP contribution in [0.2, 0.25) is 0 Å². The Balaban J connectivity index is 2.52. The molecule has 1 unspecified atom stereocenters. The Bertz CT molecular complexity index is 880. The lowest BCUT2D eigenvalue weighted by molar-refractivity contribution is 0.0508. The largest absolute Gasteiger partial charge is 0.449 e. The molecule has 0 fully saturated rings. The van der Waals surface area contributed by atoms with Crippen molar-refractivity contribution in [3.63, 3.8) is 0 Å². The molecule has 0 aliphatic rings. The maximum absolute atomic E-state index is 12.8. The Morgan fingerprint density at radius 3 is 2.54 bits per heavy atom. The number of hydrogen-bond acceptors (Lipinski definition) is 5. The summed E-state index contributed by atoms with van der Waals surface area (Å²) in [6.45, 7) is 13.0. The third kappa shape index (κ3) is 4.61. The lowest BCUT2D eigenvalue weighted by atomic mass is 10.0. The monoisotopic (exact) mass is 377 g/mol. The van der Waals surface area contributed by atoms with E-state index in [2.05, 4.69) is 5.32 Å². The summed E-state index contributed by atoms with van der Waals surface area (Å²) >= 11 is 1.50. The average Bonchev–Trinajstić information content (AvgIpc) is 2.50. The third-order valence-electron chi connectivity index (χ3n) is 3.82. The van der Waals surface area contributed by atoms with Crippen LogP contribution < -0.4 is 10.7 Å². The molecule has 0 saturated carbocycles. The maximum Gasteiger partial charge on any atom is 0.408 e. The van der Waals surface area contributed by atoms with Gasteiger partial charge in [0, 0.05) is 11.1 Å². The normalized spacial score (nSPS) is 12.9. The van der Waals surface area contributed by atoms with E-state index in [1.165, 1.54) is 11.8 Å². The summed E-state index contributed by atoms with van der Waals surface area (Å²) in [5.74, 6) is 0.808. The van der Waals surface area contributed by atoms with Crippen molar-refractivity contribution >= 4 is 28.8 Å². The highest BCUT2D eigenvalue weighted by Crippen LogP contribution is 2.30. The zero-order chi connectivity index (χ0) is 19.6. The lowest BCUT2D eigenvalue weighted by Crippen LogP contribution is -2.34. The van der Waals surface area contributed by atoms with Gasteiger partial charge in [-0.3, -0.25) is 4.79 Å². The van der Waals surface area contributed by atoms with Crippen LogP contribution >= 0.6 is 11.8 Å². The van der Waals surface area contributed by atoms with Crippen LogP contribution in [-0.4, -0.2) is 17.4 Å². The number of alkyl carbamates (subject to hydrolysis) is 1. The second-order valence-electron chi connectivity index (χ2n) is 7.38. The number of carbonyl (C=O) groups excluding carboxylic acids is 1. The van der Waals surface area contributed by atoms with Gasteiger partial charge in [0.2, 0.25) is 0 Å². The van der Waals surface area contributed by atoms with Crippen molar-refractivity contribution in [2.45, 2.75) is 65.2 Å². The van der Waals surface area contributed by atoms with Gasteiger partial charge >= 0.3 is 6.09 Å². The molecule has 1 amide bonds. The van der Waals surface area contributed by atoms with E-state index in [4.69, 9.17) is 9.15 Å². The zero-order valence-corrected chi connectivity index (χ0v) is 17.3. The third-order valence-corrected chi connectivity index (χ3v) is 4.76. The second kappa shape index (κ2) is 7.74. The Morgan fingerprint density at radius 2 is 1.96 bits per heavy atom. The number of nitrogens with one attached hydrogen (secondary N) is 1. The highest BCUT2D eigenvalue weighted by molar-refractivity contribution is 7.99. The van der Waals surface area contributed by atoms with Crippen molar-refractivity contribution in [1.82, 2.24) is 5.32 Å². The molecular weight excluding hydrogens is 350 g/mol. The molecule has 1 heterocycles. The van der Waals surface area contributed by atoms with Crippen molar-refractivity contribution in [1.29, 1.82) is 0 Å². The molecule has 1 atom stereocenters. The summed E-state index contributed by atoms with van der Waals surface area (Å²) in [6.07, 6.45) is -0.503. The number of amides is 1. The molecule has 0 radical (unpaired) electrons. The van der Waals surface area contributed by atoms with E-state index in [0.29, 0.717) is 21.6 Å². The predicted molar refractivity (Wildman–Crippen MR) is 106 cm³/mol. The molecule has 1 aromatic heterocycles. The molecule has 1 N–H and O–H groups in total. The second-order valence-corrected chi connectivity index (χ2v) is 8.61. The molecule has 0 bridgehead atoms. The zero-order valence-electron chi connectivity index (χ0n) is 16.5. The Labute approximate surface area is 158 Å². The first-order valence-electron chi connectivity index (χ1n) is 8.73. The average molecular weight is 378 g/mol. The summed E-state index contributed by atoms with van der Waals surface area (Å²) in [5, 5.41) is 3.99. The van der Waals surface area contributed by atoms with Crippen LogP contribution in [0.25, 0.3) is 11.0 Å². The summed E-state index contributed by atoms with van der Waals surface area (Å²) < 4.78 is 11.4. The Kier molecular flexibility index (Phi) is 6.06. The number of aryl methyl sites for hydroxylation is 1. The molecule has 0 saturated heterocycles. The van der Waals surface area contributed by atoms with Crippen molar-refractivity contribution in [2.75, 3.05) is 5.75 Å². The molecule has 2 rings (SSSR count). The van der Waals surface area contributed by atoms with Gasteiger partial charge in [-0.25, -0.2) is 4.79 Å². The van der Waals surface area contributed by atoms with Crippen LogP contribution in [-0.2, 0) is 4.74 Å². The molecule has 142 valence electrons. The van der Waals surface area contributed by atoms with Crippen molar-refractivity contribution in [3.05, 3.63) is 39.0 Å². The number of fused-ring (bicyclic) bond motifs is 1. The van der Waals surface area contributed by atoms with Crippen molar-refractivity contribution in [3.8, 4) is 0 Å². The molecule has 0 spiro atoms. The fourth-order valence-electron chi connectivity index (χ4n) is 2.70. The predicted octanol–water partition coefficient (Wildman–Crippen LogP) is 5.11. The van der Waals surface area contributed by atoms with Gasteiger partial charge in [-0.1, -0.05) is 24.8 Å². The van der Waals surface area contributed by atoms with E-state index < -0.39 is 11.7 Å². The van der Waals surface area contributed by atoms with Crippen molar-refractivity contribution < 1.29 is 13.9 Å². The van der Waals surface area contributed by atoms with Crippen LogP contribution in [0.3, 0.4) is 0 Å². The first-order valence-corrected chi connectivity index (χ1v) is 9.72. The van der Waals surface area contributed by atoms with Gasteiger partial charge in [-0.2, -0.15) is 0 Å². The topological polar surface area (TPSA) is 68.5 Å². The molecule has 6 heteroatoms. The fourth-order valence-corrected chi connectivity index (χ4v) is 3.41. The number of rotatable bonds is 4. The standard InChI is InChI=1S/C20H27NO4S/c1-8-26-18-12(3)16(22)15-10-11(2)9-14(17(15)24-18)13(4)21-19(23)25-20(5,6)7/h9-10,13H,8H2,1-7H3,(H,21,23). The molecule has 1 aromatic carbocycles. The number of benzene rings is 1. The SMILES string of the molecule is CCSc1oc2c(C(C)NC(=O)OC(C)(C)C)cc(C)cc2c(=O)c1C. The van der Waals surface area contributed by atoms with Gasteiger partial charge in [0.15, 0.2) is 10.5 Å². The Hall–Kier alpha value is -1.95. The summed E-state index contributed by atoms with van der Waals surface area (Å²) in [7, 11) is 0. The number of ether oxygens (including phenoxy) is 1. The number of carbonyl (C=O) groups is 1. The number of hydrogen-bond donors (Lipinski definition) is 1. The minimum atomic E-state index is -0.576. The van der Waals surface area contributed by atoms with E-state index in [1.807, 2.05) is 53.7 Å². The van der Waals surface area contributed by atoms with Crippen LogP contribution in [0.1, 0.15) is 57.4 Å². The highest BCUT2D eigenvalue weighted by Gasteiger charge is 2.22. The van der Waals surface area contributed by atoms with Crippen LogP contribution in [0.15, 0.2) is 26.4 Å². The van der Waals surface area contributed by atoms with Crippen molar-refractivity contribution in [2.24, 2.45) is 0 Å². The van der Waals surface area contributed by atoms with E-state index in [-0.39, 0.29) is 11.5 Å². The first-order chi connectivity index (χ1) is 12.0. The quantitative estimate of drug-likeness (QED) is 0.750. The number of thioether (sulfide) groups is 1. The first kappa shape index (κ1) is 20.4. The van der Waals surface area contributed by atoms with E-state index in [1.54, 1.807) is 6.92 Å². The summed E-state index contributed by atoms with van der Waals surface area (Å²) in [4.78, 5) is 24.9. The molecule has 2 aromatic rings. The molecule has 26 heavy (non-hydrogen) atoms. The lowest BCUT2D eigenvalue weighted by Gasteiger charge is -2.22. The van der Waals surface area contributed by atoms with E-state index in [0.717, 1.165) is 16.9 Å². The smallest absolute Gasteiger partial charge is 0.408 e. The highest BCUT2D eigenvalue weighted by atomic mass is 32.2. The van der Waals surface area contributed by atoms with Gasteiger partial charge in [0.05, 0.1) is 11.4 Å². The minimum absolute atomic E-state index is 0.0309. The molecule has 0 aliphatic carbocycles. The Morgan fingerprint density at radius 1 is 1.31 bits per heavy atom. The van der Waals surface area contributed by atoms with Crippen LogP contribution in [0, 0.1) is 13.8 Å². The molecule has 0 aliphatic heterocycles. The van der Waals surface area contributed by atoms with E-state index in [9.17, 15) is 9.59 Å². The van der Waals surface area contributed by atoms with Gasteiger partial charge in [0.1, 0.15) is 11.2 Å².